The highest BCUT2D eigenvalue weighted by Crippen LogP contribution is 2.12. The Morgan fingerprint density at radius 2 is 1.82 bits per heavy atom. The van der Waals surface area contributed by atoms with Crippen LogP contribution in [0.25, 0.3) is 11.0 Å². The number of amides is 1. The van der Waals surface area contributed by atoms with E-state index >= 15 is 0 Å². The van der Waals surface area contributed by atoms with Crippen LogP contribution in [0, 0.1) is 5.92 Å². The van der Waals surface area contributed by atoms with Gasteiger partial charge in [-0.25, -0.2) is 4.79 Å². The van der Waals surface area contributed by atoms with E-state index < -0.39 is 0 Å². The van der Waals surface area contributed by atoms with Gasteiger partial charge in [-0.05, 0) is 37.8 Å². The molecule has 1 heterocycles. The summed E-state index contributed by atoms with van der Waals surface area (Å²) in [6.07, 6.45) is 2.06. The molecule has 0 spiro atoms. The van der Waals surface area contributed by atoms with E-state index in [9.17, 15) is 9.59 Å². The number of carbonyl (C=O) groups excluding carboxylic acids is 1. The van der Waals surface area contributed by atoms with E-state index in [0.29, 0.717) is 19.0 Å². The van der Waals surface area contributed by atoms with Crippen LogP contribution in [-0.4, -0.2) is 21.6 Å². The molecule has 0 atom stereocenters. The minimum Gasteiger partial charge on any atom is -0.355 e. The third-order valence-electron chi connectivity index (χ3n) is 3.82. The van der Waals surface area contributed by atoms with E-state index in [1.807, 2.05) is 31.2 Å². The van der Waals surface area contributed by atoms with Crippen molar-refractivity contribution in [1.29, 1.82) is 0 Å². The second kappa shape index (κ2) is 7.29. The van der Waals surface area contributed by atoms with Crippen molar-refractivity contribution in [2.45, 2.75) is 46.7 Å². The smallest absolute Gasteiger partial charge is 0.329 e. The number of aromatic nitrogens is 2. The SMILES string of the molecule is CCn1c(=O)n(CC(=O)NCCCC(C)C)c2ccccc21. The normalized spacial score (nSPS) is 11.3. The summed E-state index contributed by atoms with van der Waals surface area (Å²) in [5, 5.41) is 2.90. The first-order valence-corrected chi connectivity index (χ1v) is 7.99. The maximum Gasteiger partial charge on any atom is 0.329 e. The van der Waals surface area contributed by atoms with E-state index in [0.717, 1.165) is 23.9 Å². The van der Waals surface area contributed by atoms with Crippen LogP contribution in [0.4, 0.5) is 0 Å². The van der Waals surface area contributed by atoms with E-state index in [4.69, 9.17) is 0 Å². The molecule has 1 amide bonds. The molecule has 0 aliphatic rings. The molecule has 5 nitrogen and oxygen atoms in total. The lowest BCUT2D eigenvalue weighted by atomic mass is 10.1. The van der Waals surface area contributed by atoms with Crippen molar-refractivity contribution in [3.05, 3.63) is 34.7 Å². The summed E-state index contributed by atoms with van der Waals surface area (Å²) in [5.41, 5.74) is 1.57. The average molecular weight is 303 g/mol. The molecule has 1 aromatic heterocycles. The van der Waals surface area contributed by atoms with Gasteiger partial charge >= 0.3 is 5.69 Å². The molecule has 2 aromatic rings. The van der Waals surface area contributed by atoms with E-state index in [1.54, 1.807) is 9.13 Å². The van der Waals surface area contributed by atoms with Crippen molar-refractivity contribution in [3.63, 3.8) is 0 Å². The molecule has 5 heteroatoms. The Bertz CT molecular complexity index is 697. The number of benzene rings is 1. The van der Waals surface area contributed by atoms with Crippen LogP contribution in [0.15, 0.2) is 29.1 Å². The van der Waals surface area contributed by atoms with Crippen LogP contribution < -0.4 is 11.0 Å². The number of hydrogen-bond donors (Lipinski definition) is 1. The van der Waals surface area contributed by atoms with Crippen LogP contribution in [0.1, 0.15) is 33.6 Å². The highest BCUT2D eigenvalue weighted by Gasteiger charge is 2.13. The molecule has 0 unspecified atom stereocenters. The van der Waals surface area contributed by atoms with Gasteiger partial charge in [0.25, 0.3) is 0 Å². The summed E-state index contributed by atoms with van der Waals surface area (Å²) in [6, 6.07) is 7.59. The van der Waals surface area contributed by atoms with E-state index in [1.165, 1.54) is 0 Å². The highest BCUT2D eigenvalue weighted by atomic mass is 16.2. The van der Waals surface area contributed by atoms with Gasteiger partial charge in [0.2, 0.25) is 5.91 Å². The summed E-state index contributed by atoms with van der Waals surface area (Å²) in [7, 11) is 0. The number of rotatable bonds is 7. The topological polar surface area (TPSA) is 56.0 Å². The molecule has 120 valence electrons. The van der Waals surface area contributed by atoms with Crippen molar-refractivity contribution < 1.29 is 4.79 Å². The van der Waals surface area contributed by atoms with Crippen LogP contribution in [-0.2, 0) is 17.9 Å². The van der Waals surface area contributed by atoms with E-state index in [2.05, 4.69) is 19.2 Å². The molecule has 1 aromatic carbocycles. The first-order chi connectivity index (χ1) is 10.5. The van der Waals surface area contributed by atoms with Gasteiger partial charge in [0, 0.05) is 13.1 Å². The lowest BCUT2D eigenvalue weighted by Gasteiger charge is -2.07. The zero-order chi connectivity index (χ0) is 16.1. The summed E-state index contributed by atoms with van der Waals surface area (Å²) in [4.78, 5) is 24.5. The molecule has 0 saturated carbocycles. The minimum atomic E-state index is -0.124. The Balaban J connectivity index is 2.10. The molecule has 0 radical (unpaired) electrons. The van der Waals surface area contributed by atoms with E-state index in [-0.39, 0.29) is 18.1 Å². The van der Waals surface area contributed by atoms with Crippen molar-refractivity contribution >= 4 is 16.9 Å². The molecule has 0 aliphatic carbocycles. The molecule has 2 rings (SSSR count). The lowest BCUT2D eigenvalue weighted by Crippen LogP contribution is -2.33. The fourth-order valence-electron chi connectivity index (χ4n) is 2.67. The van der Waals surface area contributed by atoms with Gasteiger partial charge < -0.3 is 5.32 Å². The third-order valence-corrected chi connectivity index (χ3v) is 3.82. The Morgan fingerprint density at radius 1 is 1.18 bits per heavy atom. The molecule has 0 fully saturated rings. The minimum absolute atomic E-state index is 0.0774. The van der Waals surface area contributed by atoms with Crippen molar-refractivity contribution in [3.8, 4) is 0 Å². The summed E-state index contributed by atoms with van der Waals surface area (Å²) < 4.78 is 3.25. The molecule has 0 saturated heterocycles. The molecule has 0 bridgehead atoms. The van der Waals surface area contributed by atoms with Gasteiger partial charge in [0.05, 0.1) is 11.0 Å². The number of carbonyl (C=O) groups is 1. The van der Waals surface area contributed by atoms with Crippen molar-refractivity contribution in [2.24, 2.45) is 5.92 Å². The second-order valence-electron chi connectivity index (χ2n) is 5.99. The number of nitrogens with zero attached hydrogens (tertiary/aromatic N) is 2. The predicted molar refractivity (Wildman–Crippen MR) is 89.0 cm³/mol. The highest BCUT2D eigenvalue weighted by molar-refractivity contribution is 5.80. The van der Waals surface area contributed by atoms with Crippen molar-refractivity contribution in [1.82, 2.24) is 14.5 Å². The summed E-state index contributed by atoms with van der Waals surface area (Å²) in [6.45, 7) is 7.61. The zero-order valence-corrected chi connectivity index (χ0v) is 13.6. The number of fused-ring (bicyclic) bond motifs is 1. The van der Waals surface area contributed by atoms with Crippen molar-refractivity contribution in [2.75, 3.05) is 6.54 Å². The van der Waals surface area contributed by atoms with Gasteiger partial charge in [-0.1, -0.05) is 26.0 Å². The van der Waals surface area contributed by atoms with Crippen LogP contribution >= 0.6 is 0 Å². The van der Waals surface area contributed by atoms with Gasteiger partial charge in [-0.15, -0.1) is 0 Å². The zero-order valence-electron chi connectivity index (χ0n) is 13.6. The number of aryl methyl sites for hydroxylation is 1. The van der Waals surface area contributed by atoms with Crippen LogP contribution in [0.3, 0.4) is 0 Å². The van der Waals surface area contributed by atoms with Crippen LogP contribution in [0.5, 0.6) is 0 Å². The van der Waals surface area contributed by atoms with Gasteiger partial charge in [-0.2, -0.15) is 0 Å². The Labute approximate surface area is 130 Å². The Hall–Kier alpha value is -2.04. The Kier molecular flexibility index (Phi) is 5.41. The van der Waals surface area contributed by atoms with Gasteiger partial charge in [0.1, 0.15) is 6.54 Å². The molecule has 22 heavy (non-hydrogen) atoms. The number of para-hydroxylation sites is 2. The first kappa shape index (κ1) is 16.3. The molecule has 0 aliphatic heterocycles. The fraction of sp³-hybridized carbons (Fsp3) is 0.529. The fourth-order valence-corrected chi connectivity index (χ4v) is 2.67. The summed E-state index contributed by atoms with van der Waals surface area (Å²) >= 11 is 0. The maximum absolute atomic E-state index is 12.4. The van der Waals surface area contributed by atoms with Gasteiger partial charge in [0.15, 0.2) is 0 Å². The summed E-state index contributed by atoms with van der Waals surface area (Å²) in [5.74, 6) is 0.534. The Morgan fingerprint density at radius 3 is 2.41 bits per heavy atom. The first-order valence-electron chi connectivity index (χ1n) is 7.99. The molecular weight excluding hydrogens is 278 g/mol. The maximum atomic E-state index is 12.4. The third kappa shape index (κ3) is 3.59. The number of nitrogens with one attached hydrogen (secondary N) is 1. The van der Waals surface area contributed by atoms with Crippen LogP contribution in [0.2, 0.25) is 0 Å². The standard InChI is InChI=1S/C17H25N3O2/c1-4-19-14-9-5-6-10-15(14)20(17(19)22)12-16(21)18-11-7-8-13(2)3/h5-6,9-10,13H,4,7-8,11-12H2,1-3H3,(H,18,21). The number of hydrogen-bond acceptors (Lipinski definition) is 2. The number of imidazole rings is 1. The monoisotopic (exact) mass is 303 g/mol. The largest absolute Gasteiger partial charge is 0.355 e. The average Bonchev–Trinajstić information content (AvgIpc) is 2.76. The lowest BCUT2D eigenvalue weighted by molar-refractivity contribution is -0.121. The second-order valence-corrected chi connectivity index (χ2v) is 5.99. The predicted octanol–water partition coefficient (Wildman–Crippen LogP) is 2.38. The van der Waals surface area contributed by atoms with Gasteiger partial charge in [-0.3, -0.25) is 13.9 Å². The quantitative estimate of drug-likeness (QED) is 0.798. The molecule has 1 N–H and O–H groups in total. The molecular formula is C17H25N3O2.